The van der Waals surface area contributed by atoms with E-state index in [4.69, 9.17) is 54.0 Å². The number of aromatic nitrogens is 2. The van der Waals surface area contributed by atoms with Crippen molar-refractivity contribution in [2.24, 2.45) is 5.92 Å². The van der Waals surface area contributed by atoms with E-state index < -0.39 is 0 Å². The maximum Gasteiger partial charge on any atom is 0.141 e. The van der Waals surface area contributed by atoms with Gasteiger partial charge in [-0.25, -0.2) is 9.97 Å². The van der Waals surface area contributed by atoms with Crippen molar-refractivity contribution < 1.29 is 14.2 Å². The van der Waals surface area contributed by atoms with Crippen molar-refractivity contribution in [3.05, 3.63) is 39.6 Å². The second kappa shape index (κ2) is 9.65. The molecule has 0 saturated carbocycles. The van der Waals surface area contributed by atoms with Gasteiger partial charge in [0.1, 0.15) is 22.5 Å². The lowest BCUT2D eigenvalue weighted by atomic mass is 10.0. The van der Waals surface area contributed by atoms with Gasteiger partial charge in [-0.2, -0.15) is 0 Å². The van der Waals surface area contributed by atoms with E-state index in [1.165, 1.54) is 0 Å². The summed E-state index contributed by atoms with van der Waals surface area (Å²) in [6.45, 7) is 2.34. The number of hydrogen-bond donors (Lipinski definition) is 1. The molecule has 1 fully saturated rings. The first kappa shape index (κ1) is 22.2. The lowest BCUT2D eigenvalue weighted by Gasteiger charge is -2.23. The van der Waals surface area contributed by atoms with Gasteiger partial charge in [-0.3, -0.25) is 0 Å². The summed E-state index contributed by atoms with van der Waals surface area (Å²) >= 11 is 19.4. The van der Waals surface area contributed by atoms with E-state index in [1.807, 2.05) is 6.07 Å². The van der Waals surface area contributed by atoms with E-state index in [9.17, 15) is 0 Å². The van der Waals surface area contributed by atoms with Crippen LogP contribution in [0.15, 0.2) is 24.4 Å². The molecule has 1 aliphatic heterocycles. The molecule has 0 radical (unpaired) electrons. The minimum absolute atomic E-state index is 0.359. The van der Waals surface area contributed by atoms with Gasteiger partial charge in [-0.1, -0.05) is 34.8 Å². The average Bonchev–Trinajstić information content (AvgIpc) is 2.78. The number of rotatable bonds is 6. The fourth-order valence-electron chi connectivity index (χ4n) is 3.69. The molecule has 0 amide bonds. The van der Waals surface area contributed by atoms with Gasteiger partial charge in [0.2, 0.25) is 0 Å². The summed E-state index contributed by atoms with van der Waals surface area (Å²) in [5.74, 6) is 2.10. The lowest BCUT2D eigenvalue weighted by Crippen LogP contribution is -2.23. The Kier molecular flexibility index (Phi) is 6.92. The number of halogens is 3. The van der Waals surface area contributed by atoms with Crippen LogP contribution in [-0.4, -0.2) is 43.9 Å². The zero-order valence-corrected chi connectivity index (χ0v) is 19.4. The van der Waals surface area contributed by atoms with Crippen molar-refractivity contribution in [3.8, 4) is 22.8 Å². The fraction of sp³-hybridized carbons (Fsp3) is 0.364. The number of ether oxygens (including phenoxy) is 3. The molecule has 1 N–H and O–H groups in total. The van der Waals surface area contributed by atoms with Crippen molar-refractivity contribution in [1.82, 2.24) is 9.97 Å². The molecule has 1 saturated heterocycles. The quantitative estimate of drug-likeness (QED) is 0.427. The van der Waals surface area contributed by atoms with E-state index in [2.05, 4.69) is 10.3 Å². The summed E-state index contributed by atoms with van der Waals surface area (Å²) in [5, 5.41) is 6.34. The number of benzene rings is 1. The van der Waals surface area contributed by atoms with Gasteiger partial charge in [0.15, 0.2) is 0 Å². The highest BCUT2D eigenvalue weighted by atomic mass is 35.5. The SMILES string of the molecule is COc1cc(OC)c(Cl)c(-c2cc3cnc(Cl)cc3c(NCC3CCOCC3)n2)c1Cl. The molecular weight excluding hydrogens is 461 g/mol. The van der Waals surface area contributed by atoms with Gasteiger partial charge in [0.05, 0.1) is 30.0 Å². The molecule has 0 aliphatic carbocycles. The first-order valence-corrected chi connectivity index (χ1v) is 11.0. The Hall–Kier alpha value is -1.99. The van der Waals surface area contributed by atoms with Gasteiger partial charge >= 0.3 is 0 Å². The van der Waals surface area contributed by atoms with E-state index in [0.717, 1.165) is 43.4 Å². The molecule has 3 aromatic rings. The van der Waals surface area contributed by atoms with Crippen LogP contribution in [0.25, 0.3) is 22.0 Å². The van der Waals surface area contributed by atoms with Crippen molar-refractivity contribution in [3.63, 3.8) is 0 Å². The number of fused-ring (bicyclic) bond motifs is 1. The van der Waals surface area contributed by atoms with Gasteiger partial charge in [-0.05, 0) is 30.9 Å². The second-order valence-electron chi connectivity index (χ2n) is 7.30. The molecule has 31 heavy (non-hydrogen) atoms. The monoisotopic (exact) mass is 481 g/mol. The molecule has 1 aromatic carbocycles. The Morgan fingerprint density at radius 1 is 1.03 bits per heavy atom. The minimum Gasteiger partial charge on any atom is -0.495 e. The summed E-state index contributed by atoms with van der Waals surface area (Å²) in [4.78, 5) is 9.08. The molecule has 0 spiro atoms. The molecule has 6 nitrogen and oxygen atoms in total. The number of nitrogens with zero attached hydrogens (tertiary/aromatic N) is 2. The van der Waals surface area contributed by atoms with Crippen LogP contribution < -0.4 is 14.8 Å². The van der Waals surface area contributed by atoms with Crippen LogP contribution in [0.4, 0.5) is 5.82 Å². The Labute approximate surface area is 195 Å². The van der Waals surface area contributed by atoms with Crippen molar-refractivity contribution in [2.45, 2.75) is 12.8 Å². The molecule has 9 heteroatoms. The highest BCUT2D eigenvalue weighted by molar-refractivity contribution is 6.41. The van der Waals surface area contributed by atoms with Crippen LogP contribution in [0.2, 0.25) is 15.2 Å². The summed E-state index contributed by atoms with van der Waals surface area (Å²) in [5.41, 5.74) is 1.11. The Morgan fingerprint density at radius 2 is 1.71 bits per heavy atom. The van der Waals surface area contributed by atoms with E-state index >= 15 is 0 Å². The number of pyridine rings is 2. The van der Waals surface area contributed by atoms with Crippen LogP contribution in [0.5, 0.6) is 11.5 Å². The van der Waals surface area contributed by atoms with Crippen LogP contribution in [0.3, 0.4) is 0 Å². The predicted molar refractivity (Wildman–Crippen MR) is 125 cm³/mol. The standard InChI is InChI=1S/C22H22Cl3N3O3/c1-29-16-9-17(30-2)21(25)19(20(16)24)15-7-13-11-26-18(23)8-14(13)22(28-15)27-10-12-3-5-31-6-4-12/h7-9,11-12H,3-6,10H2,1-2H3,(H,27,28). The van der Waals surface area contributed by atoms with Gasteiger partial charge in [0.25, 0.3) is 0 Å². The van der Waals surface area contributed by atoms with Crippen molar-refractivity contribution in [2.75, 3.05) is 39.3 Å². The van der Waals surface area contributed by atoms with Crippen LogP contribution in [0, 0.1) is 5.92 Å². The summed E-state index contributed by atoms with van der Waals surface area (Å²) in [6.07, 6.45) is 3.73. The zero-order chi connectivity index (χ0) is 22.0. The lowest BCUT2D eigenvalue weighted by molar-refractivity contribution is 0.0699. The molecule has 3 heterocycles. The Morgan fingerprint density at radius 3 is 2.35 bits per heavy atom. The van der Waals surface area contributed by atoms with Gasteiger partial charge < -0.3 is 19.5 Å². The number of hydrogen-bond acceptors (Lipinski definition) is 6. The summed E-state index contributed by atoms with van der Waals surface area (Å²) < 4.78 is 16.3. The normalized spacial score (nSPS) is 14.6. The first-order chi connectivity index (χ1) is 15.0. The molecule has 4 rings (SSSR count). The summed E-state index contributed by atoms with van der Waals surface area (Å²) in [7, 11) is 3.08. The largest absolute Gasteiger partial charge is 0.495 e. The maximum atomic E-state index is 6.63. The molecule has 1 aliphatic rings. The zero-order valence-electron chi connectivity index (χ0n) is 17.2. The van der Waals surface area contributed by atoms with E-state index in [0.29, 0.717) is 49.7 Å². The smallest absolute Gasteiger partial charge is 0.141 e. The number of anilines is 1. The molecule has 0 atom stereocenters. The highest BCUT2D eigenvalue weighted by Crippen LogP contribution is 2.46. The van der Waals surface area contributed by atoms with Gasteiger partial charge in [-0.15, -0.1) is 0 Å². The van der Waals surface area contributed by atoms with E-state index in [-0.39, 0.29) is 0 Å². The third-order valence-corrected chi connectivity index (χ3v) is 6.37. The van der Waals surface area contributed by atoms with Gasteiger partial charge in [0, 0.05) is 48.4 Å². The van der Waals surface area contributed by atoms with Crippen LogP contribution in [-0.2, 0) is 4.74 Å². The van der Waals surface area contributed by atoms with Crippen LogP contribution >= 0.6 is 34.8 Å². The van der Waals surface area contributed by atoms with E-state index in [1.54, 1.807) is 32.5 Å². The molecular formula is C22H22Cl3N3O3. The minimum atomic E-state index is 0.359. The first-order valence-electron chi connectivity index (χ1n) is 9.90. The Balaban J connectivity index is 1.83. The topological polar surface area (TPSA) is 65.5 Å². The van der Waals surface area contributed by atoms with Crippen LogP contribution in [0.1, 0.15) is 12.8 Å². The number of nitrogens with one attached hydrogen (secondary N) is 1. The average molecular weight is 483 g/mol. The third-order valence-electron chi connectivity index (χ3n) is 5.41. The molecule has 164 valence electrons. The maximum absolute atomic E-state index is 6.63. The predicted octanol–water partition coefficient (Wildman–Crippen LogP) is 6.11. The fourth-order valence-corrected chi connectivity index (χ4v) is 4.54. The van der Waals surface area contributed by atoms with Crippen molar-refractivity contribution >= 4 is 51.4 Å². The van der Waals surface area contributed by atoms with Crippen molar-refractivity contribution in [1.29, 1.82) is 0 Å². The summed E-state index contributed by atoms with van der Waals surface area (Å²) in [6, 6.07) is 5.33. The highest BCUT2D eigenvalue weighted by Gasteiger charge is 2.22. The molecule has 0 unspecified atom stereocenters. The third kappa shape index (κ3) is 4.62. The molecule has 2 aromatic heterocycles. The molecule has 0 bridgehead atoms. The second-order valence-corrected chi connectivity index (χ2v) is 8.45. The number of methoxy groups -OCH3 is 2. The Bertz CT molecular complexity index is 1080.